The summed E-state index contributed by atoms with van der Waals surface area (Å²) in [5.41, 5.74) is 6.49. The highest BCUT2D eigenvalue weighted by Gasteiger charge is 2.08. The maximum atomic E-state index is 13.1. The van der Waals surface area contributed by atoms with E-state index in [-0.39, 0.29) is 11.5 Å². The van der Waals surface area contributed by atoms with Crippen molar-refractivity contribution in [3.05, 3.63) is 24.0 Å². The summed E-state index contributed by atoms with van der Waals surface area (Å²) in [6.07, 6.45) is 0. The zero-order chi connectivity index (χ0) is 11.4. The van der Waals surface area contributed by atoms with E-state index in [9.17, 15) is 4.39 Å². The quantitative estimate of drug-likeness (QED) is 0.749. The summed E-state index contributed by atoms with van der Waals surface area (Å²) >= 11 is 0. The summed E-state index contributed by atoms with van der Waals surface area (Å²) in [7, 11) is 0. The van der Waals surface area contributed by atoms with Gasteiger partial charge in [-0.05, 0) is 24.0 Å². The SMILES string of the molecule is CC(C)C(C)CNc1cccc(F)c1N. The van der Waals surface area contributed by atoms with Crippen LogP contribution in [0, 0.1) is 17.7 Å². The van der Waals surface area contributed by atoms with Gasteiger partial charge in [-0.2, -0.15) is 0 Å². The highest BCUT2D eigenvalue weighted by atomic mass is 19.1. The van der Waals surface area contributed by atoms with Crippen LogP contribution in [-0.4, -0.2) is 6.54 Å². The largest absolute Gasteiger partial charge is 0.395 e. The minimum absolute atomic E-state index is 0.202. The van der Waals surface area contributed by atoms with E-state index < -0.39 is 0 Å². The van der Waals surface area contributed by atoms with Crippen molar-refractivity contribution in [3.63, 3.8) is 0 Å². The van der Waals surface area contributed by atoms with Gasteiger partial charge in [-0.15, -0.1) is 0 Å². The lowest BCUT2D eigenvalue weighted by Gasteiger charge is -2.17. The minimum atomic E-state index is -0.364. The molecule has 0 heterocycles. The lowest BCUT2D eigenvalue weighted by molar-refractivity contribution is 0.440. The van der Waals surface area contributed by atoms with Gasteiger partial charge in [0.25, 0.3) is 0 Å². The number of nitrogen functional groups attached to an aromatic ring is 1. The number of benzene rings is 1. The van der Waals surface area contributed by atoms with Crippen LogP contribution in [0.5, 0.6) is 0 Å². The van der Waals surface area contributed by atoms with Crippen molar-refractivity contribution in [2.24, 2.45) is 11.8 Å². The van der Waals surface area contributed by atoms with Crippen molar-refractivity contribution in [1.82, 2.24) is 0 Å². The molecule has 3 heteroatoms. The third kappa shape index (κ3) is 3.11. The molecule has 3 N–H and O–H groups in total. The Bertz CT molecular complexity index is 323. The van der Waals surface area contributed by atoms with Crippen LogP contribution in [0.1, 0.15) is 20.8 Å². The first kappa shape index (κ1) is 11.8. The maximum Gasteiger partial charge on any atom is 0.148 e. The number of hydrogen-bond acceptors (Lipinski definition) is 2. The molecule has 1 aromatic rings. The first-order valence-electron chi connectivity index (χ1n) is 5.30. The Balaban J connectivity index is 2.62. The van der Waals surface area contributed by atoms with E-state index in [1.54, 1.807) is 12.1 Å². The lowest BCUT2D eigenvalue weighted by Crippen LogP contribution is -2.17. The number of para-hydroxylation sites is 1. The van der Waals surface area contributed by atoms with Crippen molar-refractivity contribution in [1.29, 1.82) is 0 Å². The van der Waals surface area contributed by atoms with Crippen LogP contribution in [0.25, 0.3) is 0 Å². The molecule has 0 amide bonds. The third-order valence-corrected chi connectivity index (χ3v) is 2.81. The van der Waals surface area contributed by atoms with Gasteiger partial charge in [0.05, 0.1) is 11.4 Å². The van der Waals surface area contributed by atoms with Crippen molar-refractivity contribution < 1.29 is 4.39 Å². The average molecular weight is 210 g/mol. The van der Waals surface area contributed by atoms with E-state index in [0.717, 1.165) is 6.54 Å². The third-order valence-electron chi connectivity index (χ3n) is 2.81. The summed E-state index contributed by atoms with van der Waals surface area (Å²) in [6, 6.07) is 4.83. The molecule has 0 aliphatic carbocycles. The number of anilines is 2. The van der Waals surface area contributed by atoms with Gasteiger partial charge in [0.1, 0.15) is 5.82 Å². The van der Waals surface area contributed by atoms with Crippen LogP contribution in [-0.2, 0) is 0 Å². The van der Waals surface area contributed by atoms with E-state index in [1.165, 1.54) is 6.07 Å². The molecule has 0 aliphatic rings. The smallest absolute Gasteiger partial charge is 0.148 e. The fourth-order valence-corrected chi connectivity index (χ4v) is 1.20. The van der Waals surface area contributed by atoms with E-state index in [0.29, 0.717) is 17.5 Å². The van der Waals surface area contributed by atoms with Crippen LogP contribution in [0.15, 0.2) is 18.2 Å². The number of rotatable bonds is 4. The van der Waals surface area contributed by atoms with Crippen molar-refractivity contribution in [3.8, 4) is 0 Å². The first-order valence-corrected chi connectivity index (χ1v) is 5.30. The second-order valence-corrected chi connectivity index (χ2v) is 4.30. The molecule has 1 aromatic carbocycles. The van der Waals surface area contributed by atoms with Crippen LogP contribution in [0.4, 0.5) is 15.8 Å². The van der Waals surface area contributed by atoms with Crippen molar-refractivity contribution in [2.75, 3.05) is 17.6 Å². The molecule has 0 bridgehead atoms. The number of halogens is 1. The molecular formula is C12H19FN2. The first-order chi connectivity index (χ1) is 7.02. The maximum absolute atomic E-state index is 13.1. The summed E-state index contributed by atoms with van der Waals surface area (Å²) in [5.74, 6) is 0.775. The molecule has 0 spiro atoms. The van der Waals surface area contributed by atoms with Gasteiger partial charge in [-0.1, -0.05) is 26.8 Å². The van der Waals surface area contributed by atoms with Crippen LogP contribution >= 0.6 is 0 Å². The zero-order valence-electron chi connectivity index (χ0n) is 9.55. The Labute approximate surface area is 90.7 Å². The highest BCUT2D eigenvalue weighted by molar-refractivity contribution is 5.66. The Morgan fingerprint density at radius 3 is 2.60 bits per heavy atom. The Kier molecular flexibility index (Phi) is 3.95. The van der Waals surface area contributed by atoms with E-state index in [1.807, 2.05) is 0 Å². The van der Waals surface area contributed by atoms with Crippen LogP contribution in [0.2, 0.25) is 0 Å². The molecule has 1 unspecified atom stereocenters. The van der Waals surface area contributed by atoms with E-state index in [4.69, 9.17) is 5.73 Å². The van der Waals surface area contributed by atoms with E-state index >= 15 is 0 Å². The molecule has 0 aliphatic heterocycles. The fraction of sp³-hybridized carbons (Fsp3) is 0.500. The van der Waals surface area contributed by atoms with Gasteiger partial charge in [-0.3, -0.25) is 0 Å². The van der Waals surface area contributed by atoms with Crippen molar-refractivity contribution >= 4 is 11.4 Å². The molecule has 15 heavy (non-hydrogen) atoms. The number of nitrogens with one attached hydrogen (secondary N) is 1. The topological polar surface area (TPSA) is 38.0 Å². The van der Waals surface area contributed by atoms with Gasteiger partial charge in [0, 0.05) is 6.54 Å². The molecule has 2 nitrogen and oxygen atoms in total. The van der Waals surface area contributed by atoms with Gasteiger partial charge in [0.2, 0.25) is 0 Å². The van der Waals surface area contributed by atoms with Crippen LogP contribution in [0.3, 0.4) is 0 Å². The standard InChI is InChI=1S/C12H19FN2/c1-8(2)9(3)7-15-11-6-4-5-10(13)12(11)14/h4-6,8-9,15H,7,14H2,1-3H3. The summed E-state index contributed by atoms with van der Waals surface area (Å²) in [4.78, 5) is 0. The lowest BCUT2D eigenvalue weighted by atomic mass is 9.98. The Morgan fingerprint density at radius 1 is 1.33 bits per heavy atom. The molecule has 1 atom stereocenters. The molecule has 84 valence electrons. The van der Waals surface area contributed by atoms with Gasteiger partial charge >= 0.3 is 0 Å². The molecule has 1 rings (SSSR count). The summed E-state index contributed by atoms with van der Waals surface area (Å²) in [6.45, 7) is 7.31. The summed E-state index contributed by atoms with van der Waals surface area (Å²) in [5, 5.41) is 3.17. The molecule has 0 radical (unpaired) electrons. The Hall–Kier alpha value is -1.25. The minimum Gasteiger partial charge on any atom is -0.395 e. The predicted molar refractivity (Wildman–Crippen MR) is 63.3 cm³/mol. The number of hydrogen-bond donors (Lipinski definition) is 2. The van der Waals surface area contributed by atoms with Gasteiger partial charge < -0.3 is 11.1 Å². The second kappa shape index (κ2) is 5.01. The molecule has 0 saturated carbocycles. The normalized spacial score (nSPS) is 12.9. The predicted octanol–water partition coefficient (Wildman–Crippen LogP) is 3.11. The second-order valence-electron chi connectivity index (χ2n) is 4.30. The molecule has 0 saturated heterocycles. The van der Waals surface area contributed by atoms with E-state index in [2.05, 4.69) is 26.1 Å². The van der Waals surface area contributed by atoms with Gasteiger partial charge in [0.15, 0.2) is 0 Å². The van der Waals surface area contributed by atoms with Crippen molar-refractivity contribution in [2.45, 2.75) is 20.8 Å². The molecule has 0 aromatic heterocycles. The Morgan fingerprint density at radius 2 is 2.00 bits per heavy atom. The fourth-order valence-electron chi connectivity index (χ4n) is 1.20. The van der Waals surface area contributed by atoms with Gasteiger partial charge in [-0.25, -0.2) is 4.39 Å². The zero-order valence-corrected chi connectivity index (χ0v) is 9.55. The highest BCUT2D eigenvalue weighted by Crippen LogP contribution is 2.22. The summed E-state index contributed by atoms with van der Waals surface area (Å²) < 4.78 is 13.1. The molecule has 0 fully saturated rings. The van der Waals surface area contributed by atoms with Crippen LogP contribution < -0.4 is 11.1 Å². The number of nitrogens with two attached hydrogens (primary N) is 1. The average Bonchev–Trinajstić information content (AvgIpc) is 2.19. The molecular weight excluding hydrogens is 191 g/mol. The monoisotopic (exact) mass is 210 g/mol.